The van der Waals surface area contributed by atoms with Crippen molar-refractivity contribution in [2.75, 3.05) is 51.8 Å². The van der Waals surface area contributed by atoms with E-state index in [1.807, 2.05) is 0 Å². The molecular formula is C15H19Cl2N3O3. The molecule has 0 bridgehead atoms. The smallest absolute Gasteiger partial charge is 0.238 e. The fourth-order valence-electron chi connectivity index (χ4n) is 2.22. The Kier molecular flexibility index (Phi) is 6.65. The van der Waals surface area contributed by atoms with Crippen LogP contribution >= 0.6 is 23.2 Å². The van der Waals surface area contributed by atoms with E-state index in [0.717, 1.165) is 0 Å². The van der Waals surface area contributed by atoms with E-state index in [2.05, 4.69) is 5.32 Å². The number of rotatable bonds is 5. The van der Waals surface area contributed by atoms with E-state index in [4.69, 9.17) is 27.9 Å². The van der Waals surface area contributed by atoms with E-state index in [1.54, 1.807) is 35.0 Å². The monoisotopic (exact) mass is 359 g/mol. The van der Waals surface area contributed by atoms with Crippen LogP contribution in [0.1, 0.15) is 0 Å². The zero-order valence-corrected chi connectivity index (χ0v) is 14.4. The van der Waals surface area contributed by atoms with Gasteiger partial charge in [0.25, 0.3) is 0 Å². The van der Waals surface area contributed by atoms with Crippen molar-refractivity contribution >= 4 is 40.7 Å². The number of halogens is 2. The number of hydrogen-bond donors (Lipinski definition) is 1. The number of anilines is 1. The number of carbonyl (C=O) groups is 2. The molecule has 1 saturated heterocycles. The summed E-state index contributed by atoms with van der Waals surface area (Å²) in [6.07, 6.45) is 0. The lowest BCUT2D eigenvalue weighted by Gasteiger charge is -2.28. The first-order valence-electron chi connectivity index (χ1n) is 7.24. The average molecular weight is 360 g/mol. The quantitative estimate of drug-likeness (QED) is 0.869. The van der Waals surface area contributed by atoms with Gasteiger partial charge in [-0.15, -0.1) is 0 Å². The van der Waals surface area contributed by atoms with Gasteiger partial charge in [0.05, 0.1) is 36.3 Å². The molecule has 0 atom stereocenters. The Labute approximate surface area is 145 Å². The second-order valence-electron chi connectivity index (χ2n) is 5.34. The predicted octanol–water partition coefficient (Wildman–Crippen LogP) is 1.72. The molecule has 2 amide bonds. The highest BCUT2D eigenvalue weighted by atomic mass is 35.5. The highest BCUT2D eigenvalue weighted by molar-refractivity contribution is 6.42. The second kappa shape index (κ2) is 8.49. The predicted molar refractivity (Wildman–Crippen MR) is 90.0 cm³/mol. The number of hydrogen-bond acceptors (Lipinski definition) is 4. The molecule has 0 aliphatic carbocycles. The largest absolute Gasteiger partial charge is 0.378 e. The highest BCUT2D eigenvalue weighted by Gasteiger charge is 2.19. The van der Waals surface area contributed by atoms with E-state index in [1.165, 1.54) is 0 Å². The molecule has 0 unspecified atom stereocenters. The number of likely N-dealkylation sites (N-methyl/N-ethyl adjacent to an activating group) is 1. The Balaban J connectivity index is 1.79. The molecule has 1 aliphatic rings. The third kappa shape index (κ3) is 5.66. The van der Waals surface area contributed by atoms with Gasteiger partial charge in [-0.25, -0.2) is 0 Å². The van der Waals surface area contributed by atoms with Gasteiger partial charge in [-0.2, -0.15) is 0 Å². The minimum absolute atomic E-state index is 0.00172. The van der Waals surface area contributed by atoms with E-state index in [0.29, 0.717) is 42.0 Å². The van der Waals surface area contributed by atoms with Crippen molar-refractivity contribution in [3.8, 4) is 0 Å². The molecule has 2 rings (SSSR count). The van der Waals surface area contributed by atoms with Crippen molar-refractivity contribution in [3.63, 3.8) is 0 Å². The van der Waals surface area contributed by atoms with Gasteiger partial charge in [-0.05, 0) is 25.2 Å². The Morgan fingerprint density at radius 3 is 2.57 bits per heavy atom. The molecular weight excluding hydrogens is 341 g/mol. The minimum atomic E-state index is -0.222. The summed E-state index contributed by atoms with van der Waals surface area (Å²) in [7, 11) is 1.73. The molecule has 0 saturated carbocycles. The van der Waals surface area contributed by atoms with E-state index in [9.17, 15) is 9.59 Å². The normalized spacial score (nSPS) is 14.9. The topological polar surface area (TPSA) is 61.9 Å². The van der Waals surface area contributed by atoms with Gasteiger partial charge < -0.3 is 15.0 Å². The van der Waals surface area contributed by atoms with Crippen LogP contribution in [0.2, 0.25) is 10.0 Å². The maximum atomic E-state index is 12.1. The number of ether oxygens (including phenoxy) is 1. The summed E-state index contributed by atoms with van der Waals surface area (Å²) in [6.45, 7) is 2.62. The van der Waals surface area contributed by atoms with Crippen LogP contribution in [0.15, 0.2) is 18.2 Å². The number of morpholine rings is 1. The van der Waals surface area contributed by atoms with Crippen molar-refractivity contribution in [2.45, 2.75) is 0 Å². The Morgan fingerprint density at radius 2 is 1.91 bits per heavy atom. The second-order valence-corrected chi connectivity index (χ2v) is 6.16. The lowest BCUT2D eigenvalue weighted by atomic mass is 10.3. The summed E-state index contributed by atoms with van der Waals surface area (Å²) in [5.74, 6) is -0.223. The van der Waals surface area contributed by atoms with Gasteiger partial charge in [-0.1, -0.05) is 23.2 Å². The average Bonchev–Trinajstić information content (AvgIpc) is 2.51. The molecule has 23 heavy (non-hydrogen) atoms. The number of nitrogens with one attached hydrogen (secondary N) is 1. The van der Waals surface area contributed by atoms with Crippen molar-refractivity contribution in [1.29, 1.82) is 0 Å². The standard InChI is InChI=1S/C15H19Cl2N3O3/c1-19(10-15(22)20-4-6-23-7-5-20)9-14(21)18-11-2-3-12(16)13(17)8-11/h2-3,8H,4-7,9-10H2,1H3,(H,18,21). The Morgan fingerprint density at radius 1 is 1.22 bits per heavy atom. The van der Waals surface area contributed by atoms with Crippen LogP contribution in [0.3, 0.4) is 0 Å². The maximum absolute atomic E-state index is 12.1. The molecule has 1 heterocycles. The van der Waals surface area contributed by atoms with Gasteiger partial charge in [0.15, 0.2) is 0 Å². The van der Waals surface area contributed by atoms with Crippen molar-refractivity contribution in [1.82, 2.24) is 9.80 Å². The number of carbonyl (C=O) groups excluding carboxylic acids is 2. The van der Waals surface area contributed by atoms with E-state index in [-0.39, 0.29) is 24.9 Å². The summed E-state index contributed by atoms with van der Waals surface area (Å²) in [6, 6.07) is 4.87. The molecule has 126 valence electrons. The molecule has 0 aromatic heterocycles. The summed E-state index contributed by atoms with van der Waals surface area (Å²) < 4.78 is 5.21. The highest BCUT2D eigenvalue weighted by Crippen LogP contribution is 2.24. The Bertz CT molecular complexity index is 577. The molecule has 0 radical (unpaired) electrons. The van der Waals surface area contributed by atoms with Crippen LogP contribution < -0.4 is 5.32 Å². The van der Waals surface area contributed by atoms with Crippen LogP contribution in [-0.2, 0) is 14.3 Å². The molecule has 1 N–H and O–H groups in total. The maximum Gasteiger partial charge on any atom is 0.238 e. The summed E-state index contributed by atoms with van der Waals surface area (Å²) in [5, 5.41) is 3.53. The molecule has 8 heteroatoms. The third-order valence-corrected chi connectivity index (χ3v) is 4.12. The molecule has 1 aliphatic heterocycles. The zero-order chi connectivity index (χ0) is 16.8. The third-order valence-electron chi connectivity index (χ3n) is 3.39. The molecule has 1 fully saturated rings. The van der Waals surface area contributed by atoms with E-state index >= 15 is 0 Å². The minimum Gasteiger partial charge on any atom is -0.378 e. The van der Waals surface area contributed by atoms with Crippen LogP contribution in [0.4, 0.5) is 5.69 Å². The fourth-order valence-corrected chi connectivity index (χ4v) is 2.52. The van der Waals surface area contributed by atoms with Crippen molar-refractivity contribution < 1.29 is 14.3 Å². The number of benzene rings is 1. The Hall–Kier alpha value is -1.34. The van der Waals surface area contributed by atoms with Gasteiger partial charge in [0.1, 0.15) is 0 Å². The van der Waals surface area contributed by atoms with Crippen LogP contribution in [0, 0.1) is 0 Å². The first kappa shape index (κ1) is 18.0. The fraction of sp³-hybridized carbons (Fsp3) is 0.467. The zero-order valence-electron chi connectivity index (χ0n) is 12.8. The summed E-state index contributed by atoms with van der Waals surface area (Å²) in [4.78, 5) is 27.5. The van der Waals surface area contributed by atoms with Gasteiger partial charge in [-0.3, -0.25) is 14.5 Å². The number of amides is 2. The van der Waals surface area contributed by atoms with Crippen LogP contribution in [0.5, 0.6) is 0 Å². The lowest BCUT2D eigenvalue weighted by Crippen LogP contribution is -2.46. The van der Waals surface area contributed by atoms with Crippen molar-refractivity contribution in [3.05, 3.63) is 28.2 Å². The molecule has 1 aromatic rings. The van der Waals surface area contributed by atoms with E-state index < -0.39 is 0 Å². The first-order chi connectivity index (χ1) is 11.0. The van der Waals surface area contributed by atoms with Crippen LogP contribution in [0.25, 0.3) is 0 Å². The van der Waals surface area contributed by atoms with Gasteiger partial charge in [0.2, 0.25) is 11.8 Å². The lowest BCUT2D eigenvalue weighted by molar-refractivity contribution is -0.136. The molecule has 0 spiro atoms. The van der Waals surface area contributed by atoms with Crippen LogP contribution in [-0.4, -0.2) is 68.1 Å². The van der Waals surface area contributed by atoms with Gasteiger partial charge >= 0.3 is 0 Å². The first-order valence-corrected chi connectivity index (χ1v) is 8.00. The summed E-state index contributed by atoms with van der Waals surface area (Å²) >= 11 is 11.7. The summed E-state index contributed by atoms with van der Waals surface area (Å²) in [5.41, 5.74) is 0.567. The molecule has 1 aromatic carbocycles. The molecule has 6 nitrogen and oxygen atoms in total. The SMILES string of the molecule is CN(CC(=O)Nc1ccc(Cl)c(Cl)c1)CC(=O)N1CCOCC1. The van der Waals surface area contributed by atoms with Crippen molar-refractivity contribution in [2.24, 2.45) is 0 Å². The van der Waals surface area contributed by atoms with Gasteiger partial charge in [0, 0.05) is 18.8 Å². The number of nitrogens with zero attached hydrogens (tertiary/aromatic N) is 2.